The van der Waals surface area contributed by atoms with Crippen molar-refractivity contribution >= 4 is 55.4 Å². The Morgan fingerprint density at radius 2 is 1.42 bits per heavy atom. The minimum Gasteiger partial charge on any atom is -0.314 e. The number of alkyl halides is 3. The van der Waals surface area contributed by atoms with Crippen molar-refractivity contribution in [1.82, 2.24) is 10.6 Å². The van der Waals surface area contributed by atoms with E-state index in [1.165, 1.54) is 6.92 Å². The maximum Gasteiger partial charge on any atom is 0.261 e. The number of hydrogen-bond acceptors (Lipinski definition) is 7. The molecule has 0 aromatic carbocycles. The predicted molar refractivity (Wildman–Crippen MR) is 104 cm³/mol. The van der Waals surface area contributed by atoms with E-state index in [0.717, 1.165) is 0 Å². The first-order valence-corrected chi connectivity index (χ1v) is 9.91. The Bertz CT molecular complexity index is 530. The largest absolute Gasteiger partial charge is 0.314 e. The first-order valence-electron chi connectivity index (χ1n) is 8.02. The van der Waals surface area contributed by atoms with Gasteiger partial charge in [0.15, 0.2) is 11.6 Å². The van der Waals surface area contributed by atoms with Gasteiger partial charge in [0.1, 0.15) is 0 Å². The molecule has 0 aromatic rings. The van der Waals surface area contributed by atoms with Gasteiger partial charge in [-0.05, 0) is 13.0 Å². The Kier molecular flexibility index (Phi) is 10.7. The van der Waals surface area contributed by atoms with E-state index in [1.54, 1.807) is 12.2 Å². The fourth-order valence-electron chi connectivity index (χ4n) is 2.04. The number of amides is 1. The van der Waals surface area contributed by atoms with Crippen LogP contribution < -0.4 is 10.6 Å². The van der Waals surface area contributed by atoms with Gasteiger partial charge in [0, 0.05) is 17.9 Å². The molecular formula is C15H25F3N2O3S3. The summed E-state index contributed by atoms with van der Waals surface area (Å²) in [5.41, 5.74) is -3.01. The van der Waals surface area contributed by atoms with Crippen molar-refractivity contribution in [3.63, 3.8) is 0 Å². The summed E-state index contributed by atoms with van der Waals surface area (Å²) in [6, 6.07) is 0. The van der Waals surface area contributed by atoms with Crippen LogP contribution in [0.3, 0.4) is 0 Å². The number of halogens is 3. The minimum atomic E-state index is -3.01. The highest BCUT2D eigenvalue weighted by Crippen LogP contribution is 2.26. The van der Waals surface area contributed by atoms with E-state index < -0.39 is 58.4 Å². The molecule has 0 heterocycles. The van der Waals surface area contributed by atoms with Crippen LogP contribution in [0.1, 0.15) is 33.1 Å². The lowest BCUT2D eigenvalue weighted by Gasteiger charge is -2.30. The van der Waals surface area contributed by atoms with E-state index in [4.69, 9.17) is 0 Å². The molecule has 0 rings (SSSR count). The first-order chi connectivity index (χ1) is 12.0. The smallest absolute Gasteiger partial charge is 0.261 e. The second-order valence-corrected chi connectivity index (χ2v) is 6.75. The number of likely N-dealkylation sites (N-methyl/N-ethyl adjacent to an activating group) is 1. The van der Waals surface area contributed by atoms with Gasteiger partial charge in [-0.15, -0.1) is 0 Å². The van der Waals surface area contributed by atoms with Crippen LogP contribution in [-0.4, -0.2) is 58.5 Å². The number of hydrogen-bond donors (Lipinski definition) is 5. The Balaban J connectivity index is 5.43. The van der Waals surface area contributed by atoms with E-state index >= 15 is 0 Å². The van der Waals surface area contributed by atoms with E-state index in [9.17, 15) is 27.6 Å². The van der Waals surface area contributed by atoms with E-state index in [1.807, 2.05) is 0 Å². The highest BCUT2D eigenvalue weighted by Gasteiger charge is 2.49. The molecule has 0 bridgehead atoms. The lowest BCUT2D eigenvalue weighted by Crippen LogP contribution is -2.60. The van der Waals surface area contributed by atoms with E-state index in [0.29, 0.717) is 6.42 Å². The molecule has 2 N–H and O–H groups in total. The summed E-state index contributed by atoms with van der Waals surface area (Å²) < 4.78 is 44.1. The van der Waals surface area contributed by atoms with Crippen molar-refractivity contribution in [3.8, 4) is 0 Å². The van der Waals surface area contributed by atoms with Gasteiger partial charge >= 0.3 is 0 Å². The molecule has 26 heavy (non-hydrogen) atoms. The molecule has 5 nitrogen and oxygen atoms in total. The number of Topliss-reactive ketones (excluding diaryl/α,β-unsaturated/α-hetero) is 2. The number of thiol groups is 3. The third-order valence-corrected chi connectivity index (χ3v) is 5.04. The summed E-state index contributed by atoms with van der Waals surface area (Å²) in [6.45, 7) is 3.22. The maximum atomic E-state index is 15.0. The molecular weight excluding hydrogens is 409 g/mol. The average molecular weight is 435 g/mol. The van der Waals surface area contributed by atoms with Crippen LogP contribution in [0.5, 0.6) is 0 Å². The van der Waals surface area contributed by atoms with Crippen molar-refractivity contribution in [1.29, 1.82) is 0 Å². The molecule has 0 radical (unpaired) electrons. The molecule has 0 fully saturated rings. The van der Waals surface area contributed by atoms with Crippen LogP contribution >= 0.6 is 37.9 Å². The average Bonchev–Trinajstić information content (AvgIpc) is 2.61. The monoisotopic (exact) mass is 434 g/mol. The van der Waals surface area contributed by atoms with Gasteiger partial charge in [-0.1, -0.05) is 13.8 Å². The fourth-order valence-corrected chi connectivity index (χ4v) is 2.84. The van der Waals surface area contributed by atoms with Gasteiger partial charge < -0.3 is 5.32 Å². The van der Waals surface area contributed by atoms with Gasteiger partial charge in [-0.2, -0.15) is 37.9 Å². The summed E-state index contributed by atoms with van der Waals surface area (Å²) in [5, 5.41) is 3.89. The van der Waals surface area contributed by atoms with Crippen LogP contribution in [-0.2, 0) is 14.4 Å². The zero-order chi connectivity index (χ0) is 20.6. The summed E-state index contributed by atoms with van der Waals surface area (Å²) >= 11 is 11.1. The molecule has 152 valence electrons. The van der Waals surface area contributed by atoms with E-state index in [-0.39, 0.29) is 13.0 Å². The number of nitrogens with one attached hydrogen (secondary N) is 2. The van der Waals surface area contributed by atoms with Crippen LogP contribution in [0.25, 0.3) is 0 Å². The Labute approximate surface area is 167 Å². The Morgan fingerprint density at radius 3 is 1.81 bits per heavy atom. The van der Waals surface area contributed by atoms with Crippen LogP contribution in [0.4, 0.5) is 13.2 Å². The number of rotatable bonds is 13. The third kappa shape index (κ3) is 6.35. The molecule has 1 amide bonds. The Morgan fingerprint density at radius 1 is 0.885 bits per heavy atom. The zero-order valence-electron chi connectivity index (χ0n) is 14.7. The van der Waals surface area contributed by atoms with Crippen LogP contribution in [0.15, 0.2) is 0 Å². The second kappa shape index (κ2) is 10.8. The fraction of sp³-hybridized carbons (Fsp3) is 0.800. The molecule has 0 spiro atoms. The Hall–Kier alpha value is -0.390. The van der Waals surface area contributed by atoms with Crippen LogP contribution in [0, 0.1) is 0 Å². The molecule has 11 heteroatoms. The molecule has 0 saturated carbocycles. The summed E-state index contributed by atoms with van der Waals surface area (Å²) in [6.07, 6.45) is -1.07. The van der Waals surface area contributed by atoms with Crippen LogP contribution in [0.2, 0.25) is 0 Å². The number of carbonyl (C=O) groups excluding carboxylic acids is 3. The molecule has 0 aliphatic heterocycles. The predicted octanol–water partition coefficient (Wildman–Crippen LogP) is 1.87. The molecule has 0 aliphatic rings. The van der Waals surface area contributed by atoms with Crippen molar-refractivity contribution < 1.29 is 27.6 Å². The molecule has 3 atom stereocenters. The van der Waals surface area contributed by atoms with Crippen molar-refractivity contribution in [3.05, 3.63) is 0 Å². The summed E-state index contributed by atoms with van der Waals surface area (Å²) in [4.78, 5) is 36.2. The maximum absolute atomic E-state index is 15.0. The lowest BCUT2D eigenvalue weighted by atomic mass is 9.94. The van der Waals surface area contributed by atoms with Gasteiger partial charge in [-0.3, -0.25) is 19.7 Å². The van der Waals surface area contributed by atoms with E-state index in [2.05, 4.69) is 43.2 Å². The number of carbonyl (C=O) groups is 3. The minimum absolute atomic E-state index is 0.0634. The second-order valence-electron chi connectivity index (χ2n) is 5.80. The quantitative estimate of drug-likeness (QED) is 0.227. The number of ketones is 2. The van der Waals surface area contributed by atoms with Crippen molar-refractivity contribution in [2.75, 3.05) is 23.8 Å². The molecule has 0 aromatic heterocycles. The SMILES string of the molecule is CCCC(=O)[C@](F)(CS)NC(=O)[C@](F)(CS)CC(=O)[C@](F)(CS)NCC. The highest BCUT2D eigenvalue weighted by molar-refractivity contribution is 7.80. The highest BCUT2D eigenvalue weighted by atomic mass is 32.1. The molecule has 0 saturated heterocycles. The third-order valence-electron chi connectivity index (χ3n) is 3.66. The van der Waals surface area contributed by atoms with Gasteiger partial charge in [0.25, 0.3) is 5.91 Å². The van der Waals surface area contributed by atoms with Gasteiger partial charge in [0.2, 0.25) is 17.3 Å². The molecule has 0 unspecified atom stereocenters. The van der Waals surface area contributed by atoms with Crippen molar-refractivity contribution in [2.24, 2.45) is 0 Å². The molecule has 0 aliphatic carbocycles. The topological polar surface area (TPSA) is 75.3 Å². The summed E-state index contributed by atoms with van der Waals surface area (Å²) in [7, 11) is 0. The lowest BCUT2D eigenvalue weighted by molar-refractivity contribution is -0.147. The van der Waals surface area contributed by atoms with Gasteiger partial charge in [0.05, 0.1) is 12.2 Å². The summed E-state index contributed by atoms with van der Waals surface area (Å²) in [5.74, 6) is -11.5. The van der Waals surface area contributed by atoms with Crippen molar-refractivity contribution in [2.45, 2.75) is 50.4 Å². The zero-order valence-corrected chi connectivity index (χ0v) is 17.3. The normalized spacial score (nSPS) is 18.3. The standard InChI is InChI=1S/C15H25F3N2O3S3/c1-3-5-10(21)15(18,9-26)20-12(23)13(16,7-24)6-11(22)14(17,8-25)19-4-2/h19,24-26H,3-9H2,1-2H3,(H,20,23)/t13-,14+,15+/m1/s1. The van der Waals surface area contributed by atoms with Gasteiger partial charge in [-0.25, -0.2) is 13.2 Å². The first kappa shape index (κ1) is 25.6.